The van der Waals surface area contributed by atoms with Gasteiger partial charge in [0.25, 0.3) is 10.1 Å². The highest BCUT2D eigenvalue weighted by Gasteiger charge is 2.46. The van der Waals surface area contributed by atoms with Crippen molar-refractivity contribution < 1.29 is 22.1 Å². The van der Waals surface area contributed by atoms with Gasteiger partial charge < -0.3 is 9.47 Å². The average molecular weight is 475 g/mol. The maximum absolute atomic E-state index is 13.8. The van der Waals surface area contributed by atoms with Crippen molar-refractivity contribution >= 4 is 10.1 Å². The fraction of sp³-hybridized carbons (Fsp3) is 0.143. The molecule has 0 radical (unpaired) electrons. The van der Waals surface area contributed by atoms with E-state index in [0.29, 0.717) is 28.2 Å². The van der Waals surface area contributed by atoms with Gasteiger partial charge in [-0.1, -0.05) is 84.4 Å². The minimum absolute atomic E-state index is 0.0585. The predicted octanol–water partition coefficient (Wildman–Crippen LogP) is 5.71. The van der Waals surface area contributed by atoms with Gasteiger partial charge in [-0.25, -0.2) is 4.18 Å². The molecular formula is C28H26O5S. The van der Waals surface area contributed by atoms with Crippen LogP contribution in [0.25, 0.3) is 0 Å². The lowest BCUT2D eigenvalue weighted by atomic mass is 9.79. The molecule has 174 valence electrons. The van der Waals surface area contributed by atoms with Crippen molar-refractivity contribution in [2.24, 2.45) is 0 Å². The highest BCUT2D eigenvalue weighted by atomic mass is 32.2. The lowest BCUT2D eigenvalue weighted by Gasteiger charge is -2.36. The molecule has 4 rings (SSSR count). The van der Waals surface area contributed by atoms with Gasteiger partial charge in [0.05, 0.1) is 19.1 Å². The van der Waals surface area contributed by atoms with E-state index in [-0.39, 0.29) is 4.90 Å². The first-order valence-corrected chi connectivity index (χ1v) is 12.2. The molecule has 0 bridgehead atoms. The molecule has 0 N–H and O–H groups in total. The molecule has 0 aliphatic carbocycles. The zero-order valence-electron chi connectivity index (χ0n) is 19.3. The van der Waals surface area contributed by atoms with Gasteiger partial charge in [-0.3, -0.25) is 0 Å². The number of rotatable bonds is 8. The van der Waals surface area contributed by atoms with Crippen LogP contribution in [-0.2, 0) is 19.9 Å². The Labute approximate surface area is 200 Å². The second kappa shape index (κ2) is 9.71. The number of benzene rings is 4. The molecule has 0 aromatic heterocycles. The molecule has 0 spiro atoms. The average Bonchev–Trinajstić information content (AvgIpc) is 2.88. The molecule has 34 heavy (non-hydrogen) atoms. The molecule has 4 aromatic carbocycles. The second-order valence-electron chi connectivity index (χ2n) is 7.80. The zero-order valence-corrected chi connectivity index (χ0v) is 20.1. The number of ether oxygens (including phenoxy) is 2. The van der Waals surface area contributed by atoms with Crippen LogP contribution in [0.3, 0.4) is 0 Å². The summed E-state index contributed by atoms with van der Waals surface area (Å²) in [5.41, 5.74) is 1.03. The van der Waals surface area contributed by atoms with Gasteiger partial charge >= 0.3 is 0 Å². The van der Waals surface area contributed by atoms with Crippen molar-refractivity contribution in [1.29, 1.82) is 0 Å². The number of hydrogen-bond acceptors (Lipinski definition) is 5. The molecule has 0 aliphatic heterocycles. The molecule has 0 unspecified atom stereocenters. The van der Waals surface area contributed by atoms with Crippen LogP contribution in [0, 0.1) is 6.92 Å². The van der Waals surface area contributed by atoms with Crippen molar-refractivity contribution in [2.75, 3.05) is 14.2 Å². The van der Waals surface area contributed by atoms with Gasteiger partial charge in [-0.2, -0.15) is 8.42 Å². The van der Waals surface area contributed by atoms with E-state index in [4.69, 9.17) is 13.7 Å². The Kier molecular flexibility index (Phi) is 6.72. The normalized spacial score (nSPS) is 11.7. The van der Waals surface area contributed by atoms with Crippen LogP contribution in [0.2, 0.25) is 0 Å². The Morgan fingerprint density at radius 2 is 1.09 bits per heavy atom. The molecule has 0 saturated heterocycles. The lowest BCUT2D eigenvalue weighted by Crippen LogP contribution is -2.36. The van der Waals surface area contributed by atoms with Crippen LogP contribution < -0.4 is 9.47 Å². The Bertz CT molecular complexity index is 1320. The summed E-state index contributed by atoms with van der Waals surface area (Å²) >= 11 is 0. The number of hydrogen-bond donors (Lipinski definition) is 0. The van der Waals surface area contributed by atoms with Crippen LogP contribution in [0.1, 0.15) is 22.3 Å². The van der Waals surface area contributed by atoms with E-state index >= 15 is 0 Å². The third-order valence-electron chi connectivity index (χ3n) is 5.70. The van der Waals surface area contributed by atoms with Crippen LogP contribution in [0.5, 0.6) is 11.5 Å². The predicted molar refractivity (Wildman–Crippen MR) is 132 cm³/mol. The summed E-state index contributed by atoms with van der Waals surface area (Å²) in [5.74, 6) is 0.965. The third kappa shape index (κ3) is 4.30. The van der Waals surface area contributed by atoms with Gasteiger partial charge in [0.2, 0.25) is 0 Å². The van der Waals surface area contributed by atoms with E-state index in [2.05, 4.69) is 0 Å². The summed E-state index contributed by atoms with van der Waals surface area (Å²) < 4.78 is 45.2. The molecule has 5 nitrogen and oxygen atoms in total. The molecule has 0 aliphatic rings. The summed E-state index contributed by atoms with van der Waals surface area (Å²) in [6.45, 7) is 1.90. The Balaban J connectivity index is 2.10. The Hall–Kier alpha value is -3.61. The van der Waals surface area contributed by atoms with Gasteiger partial charge in [0.15, 0.2) is 5.60 Å². The van der Waals surface area contributed by atoms with Crippen LogP contribution in [0.15, 0.2) is 108 Å². The van der Waals surface area contributed by atoms with Crippen LogP contribution in [0.4, 0.5) is 0 Å². The first-order chi connectivity index (χ1) is 16.4. The minimum atomic E-state index is -4.24. The molecule has 0 amide bonds. The highest BCUT2D eigenvalue weighted by molar-refractivity contribution is 7.86. The van der Waals surface area contributed by atoms with Gasteiger partial charge in [-0.15, -0.1) is 0 Å². The van der Waals surface area contributed by atoms with Gasteiger partial charge in [0, 0.05) is 11.1 Å². The molecule has 6 heteroatoms. The topological polar surface area (TPSA) is 61.8 Å². The van der Waals surface area contributed by atoms with E-state index in [1.54, 1.807) is 50.6 Å². The summed E-state index contributed by atoms with van der Waals surface area (Å²) in [6, 6.07) is 30.3. The molecule has 0 fully saturated rings. The number of aryl methyl sites for hydroxylation is 1. The summed E-state index contributed by atoms with van der Waals surface area (Å²) in [6.07, 6.45) is 0. The SMILES string of the molecule is COc1ccccc1C(OS(=O)(=O)c1ccc(C)cc1)(c1ccccc1)c1ccccc1OC. The first kappa shape index (κ1) is 23.5. The van der Waals surface area contributed by atoms with Crippen molar-refractivity contribution in [1.82, 2.24) is 0 Å². The fourth-order valence-corrected chi connectivity index (χ4v) is 5.23. The van der Waals surface area contributed by atoms with E-state index in [1.165, 1.54) is 0 Å². The zero-order chi connectivity index (χ0) is 24.2. The highest BCUT2D eigenvalue weighted by Crippen LogP contribution is 2.49. The van der Waals surface area contributed by atoms with Gasteiger partial charge in [-0.05, 0) is 36.8 Å². The summed E-state index contributed by atoms with van der Waals surface area (Å²) in [4.78, 5) is 0.0585. The second-order valence-corrected chi connectivity index (χ2v) is 9.34. The van der Waals surface area contributed by atoms with E-state index < -0.39 is 15.7 Å². The minimum Gasteiger partial charge on any atom is -0.496 e. The van der Waals surface area contributed by atoms with E-state index in [1.807, 2.05) is 73.7 Å². The van der Waals surface area contributed by atoms with E-state index in [0.717, 1.165) is 5.56 Å². The van der Waals surface area contributed by atoms with Crippen molar-refractivity contribution in [2.45, 2.75) is 17.4 Å². The van der Waals surface area contributed by atoms with Crippen LogP contribution in [-0.4, -0.2) is 22.6 Å². The molecule has 0 saturated carbocycles. The van der Waals surface area contributed by atoms with Crippen molar-refractivity contribution in [3.63, 3.8) is 0 Å². The third-order valence-corrected chi connectivity index (χ3v) is 7.02. The van der Waals surface area contributed by atoms with Crippen molar-refractivity contribution in [3.8, 4) is 11.5 Å². The fourth-order valence-electron chi connectivity index (χ4n) is 4.06. The number of para-hydroxylation sites is 2. The molecular weight excluding hydrogens is 448 g/mol. The molecule has 0 heterocycles. The summed E-state index contributed by atoms with van der Waals surface area (Å²) in [7, 11) is -1.15. The summed E-state index contributed by atoms with van der Waals surface area (Å²) in [5, 5.41) is 0. The molecule has 4 aromatic rings. The number of methoxy groups -OCH3 is 2. The Morgan fingerprint density at radius 3 is 1.59 bits per heavy atom. The van der Waals surface area contributed by atoms with Crippen LogP contribution >= 0.6 is 0 Å². The standard InChI is InChI=1S/C28H26O5S/c1-21-17-19-23(20-18-21)34(29,30)33-28(22-11-5-4-6-12-22,24-13-7-9-15-26(24)31-2)25-14-8-10-16-27(25)32-3/h4-20H,1-3H3. The maximum Gasteiger partial charge on any atom is 0.298 e. The van der Waals surface area contributed by atoms with E-state index in [9.17, 15) is 8.42 Å². The smallest absolute Gasteiger partial charge is 0.298 e. The maximum atomic E-state index is 13.8. The Morgan fingerprint density at radius 1 is 0.618 bits per heavy atom. The quantitative estimate of drug-likeness (QED) is 0.242. The molecule has 0 atom stereocenters. The van der Waals surface area contributed by atoms with Crippen molar-refractivity contribution in [3.05, 3.63) is 125 Å². The first-order valence-electron chi connectivity index (χ1n) is 10.8. The monoisotopic (exact) mass is 474 g/mol. The lowest BCUT2D eigenvalue weighted by molar-refractivity contribution is 0.155. The van der Waals surface area contributed by atoms with Gasteiger partial charge in [0.1, 0.15) is 11.5 Å². The largest absolute Gasteiger partial charge is 0.496 e.